The fraction of sp³-hybridized carbons (Fsp3) is 0.619. The summed E-state index contributed by atoms with van der Waals surface area (Å²) < 4.78 is 83.9. The molecule has 0 N–H and O–H groups in total. The van der Waals surface area contributed by atoms with Gasteiger partial charge in [0.1, 0.15) is 5.82 Å². The van der Waals surface area contributed by atoms with Crippen molar-refractivity contribution in [3.63, 3.8) is 0 Å². The maximum atomic E-state index is 14.1. The molecule has 2 rings (SSSR count). The Kier molecular flexibility index (Phi) is 7.98. The minimum atomic E-state index is -4.82. The monoisotopic (exact) mass is 408 g/mol. The van der Waals surface area contributed by atoms with Crippen molar-refractivity contribution in [3.8, 4) is 0 Å². The van der Waals surface area contributed by atoms with E-state index in [0.717, 1.165) is 31.7 Å². The van der Waals surface area contributed by atoms with Crippen LogP contribution in [0.15, 0.2) is 30.4 Å². The summed E-state index contributed by atoms with van der Waals surface area (Å²) in [4.78, 5) is 0. The standard InChI is InChI=1S/C21H26F6O/c1-2-3-4-5-15-6-8-16(9-7-15)13-20(23,24)28-14-17-10-11-18(19(22)12-17)21(25,26)27/h2-3,10-12,15-16H,4-9,13-14H2,1H3/b3-2+. The van der Waals surface area contributed by atoms with E-state index in [2.05, 4.69) is 10.8 Å². The van der Waals surface area contributed by atoms with Crippen LogP contribution in [0.4, 0.5) is 26.3 Å². The number of ether oxygens (including phenoxy) is 1. The average Bonchev–Trinajstić information content (AvgIpc) is 2.60. The molecular formula is C21H26F6O. The van der Waals surface area contributed by atoms with Gasteiger partial charge in [-0.2, -0.15) is 22.0 Å². The van der Waals surface area contributed by atoms with E-state index in [1.807, 2.05) is 13.0 Å². The Labute approximate surface area is 161 Å². The number of hydrogen-bond donors (Lipinski definition) is 0. The molecule has 1 aromatic rings. The van der Waals surface area contributed by atoms with Gasteiger partial charge in [0.05, 0.1) is 12.2 Å². The summed E-state index contributed by atoms with van der Waals surface area (Å²) in [7, 11) is 0. The van der Waals surface area contributed by atoms with Crippen molar-refractivity contribution in [2.45, 2.75) is 70.8 Å². The van der Waals surface area contributed by atoms with Crippen LogP contribution in [0.1, 0.15) is 63.0 Å². The number of rotatable bonds is 8. The Morgan fingerprint density at radius 1 is 1.04 bits per heavy atom. The minimum absolute atomic E-state index is 0.0575. The average molecular weight is 408 g/mol. The molecule has 0 unspecified atom stereocenters. The zero-order valence-electron chi connectivity index (χ0n) is 15.9. The molecule has 0 heterocycles. The highest BCUT2D eigenvalue weighted by atomic mass is 19.4. The molecule has 1 nitrogen and oxygen atoms in total. The van der Waals surface area contributed by atoms with Crippen LogP contribution in [0.25, 0.3) is 0 Å². The highest BCUT2D eigenvalue weighted by molar-refractivity contribution is 5.26. The highest BCUT2D eigenvalue weighted by Gasteiger charge is 2.36. The Morgan fingerprint density at radius 3 is 2.25 bits per heavy atom. The molecule has 0 bridgehead atoms. The Hall–Kier alpha value is -1.50. The smallest absolute Gasteiger partial charge is 0.316 e. The second-order valence-electron chi connectivity index (χ2n) is 7.48. The summed E-state index contributed by atoms with van der Waals surface area (Å²) >= 11 is 0. The predicted molar refractivity (Wildman–Crippen MR) is 95.3 cm³/mol. The van der Waals surface area contributed by atoms with E-state index in [1.165, 1.54) is 0 Å². The summed E-state index contributed by atoms with van der Waals surface area (Å²) in [6, 6.07) is 2.09. The number of allylic oxidation sites excluding steroid dienone is 2. The van der Waals surface area contributed by atoms with Gasteiger partial charge in [0.2, 0.25) is 0 Å². The summed E-state index contributed by atoms with van der Waals surface area (Å²) in [5.41, 5.74) is -1.48. The van der Waals surface area contributed by atoms with Crippen LogP contribution in [0.2, 0.25) is 0 Å². The van der Waals surface area contributed by atoms with E-state index in [0.29, 0.717) is 30.9 Å². The fourth-order valence-corrected chi connectivity index (χ4v) is 3.69. The van der Waals surface area contributed by atoms with Gasteiger partial charge in [-0.25, -0.2) is 4.39 Å². The lowest BCUT2D eigenvalue weighted by molar-refractivity contribution is -0.256. The van der Waals surface area contributed by atoms with E-state index < -0.39 is 36.7 Å². The van der Waals surface area contributed by atoms with Gasteiger partial charge in [-0.05, 0) is 62.1 Å². The van der Waals surface area contributed by atoms with Gasteiger partial charge in [0.15, 0.2) is 0 Å². The van der Waals surface area contributed by atoms with E-state index in [4.69, 9.17) is 0 Å². The molecule has 0 atom stereocenters. The second kappa shape index (κ2) is 9.81. The molecule has 0 amide bonds. The summed E-state index contributed by atoms with van der Waals surface area (Å²) in [5, 5.41) is 0. The van der Waals surface area contributed by atoms with Crippen LogP contribution in [0, 0.1) is 17.7 Å². The fourth-order valence-electron chi connectivity index (χ4n) is 3.69. The maximum absolute atomic E-state index is 14.1. The number of alkyl halides is 5. The maximum Gasteiger partial charge on any atom is 0.419 e. The molecule has 1 aliphatic carbocycles. The molecule has 0 spiro atoms. The largest absolute Gasteiger partial charge is 0.419 e. The molecule has 7 heteroatoms. The van der Waals surface area contributed by atoms with E-state index >= 15 is 0 Å². The van der Waals surface area contributed by atoms with Gasteiger partial charge in [0.25, 0.3) is 0 Å². The first-order chi connectivity index (χ1) is 13.1. The second-order valence-corrected chi connectivity index (χ2v) is 7.48. The molecule has 0 aliphatic heterocycles. The molecule has 1 aliphatic rings. The van der Waals surface area contributed by atoms with Gasteiger partial charge in [0, 0.05) is 6.42 Å². The van der Waals surface area contributed by atoms with Crippen molar-refractivity contribution in [2.75, 3.05) is 0 Å². The van der Waals surface area contributed by atoms with Crippen LogP contribution in [0.5, 0.6) is 0 Å². The van der Waals surface area contributed by atoms with Crippen LogP contribution in [-0.4, -0.2) is 6.11 Å². The lowest BCUT2D eigenvalue weighted by Crippen LogP contribution is -2.27. The molecule has 28 heavy (non-hydrogen) atoms. The van der Waals surface area contributed by atoms with E-state index in [-0.39, 0.29) is 11.5 Å². The van der Waals surface area contributed by atoms with Crippen LogP contribution < -0.4 is 0 Å². The van der Waals surface area contributed by atoms with Crippen molar-refractivity contribution in [3.05, 3.63) is 47.3 Å². The van der Waals surface area contributed by atoms with E-state index in [1.54, 1.807) is 0 Å². The van der Waals surface area contributed by atoms with Crippen LogP contribution >= 0.6 is 0 Å². The third kappa shape index (κ3) is 7.15. The van der Waals surface area contributed by atoms with Gasteiger partial charge in [-0.1, -0.05) is 31.1 Å². The Morgan fingerprint density at radius 2 is 1.68 bits per heavy atom. The molecular weight excluding hydrogens is 382 g/mol. The predicted octanol–water partition coefficient (Wildman–Crippen LogP) is 7.51. The van der Waals surface area contributed by atoms with Crippen molar-refractivity contribution in [2.24, 2.45) is 11.8 Å². The lowest BCUT2D eigenvalue weighted by atomic mass is 9.78. The van der Waals surface area contributed by atoms with Crippen LogP contribution in [-0.2, 0) is 17.5 Å². The Bertz CT molecular complexity index is 645. The molecule has 158 valence electrons. The minimum Gasteiger partial charge on any atom is -0.316 e. The third-order valence-corrected chi connectivity index (χ3v) is 5.26. The van der Waals surface area contributed by atoms with Gasteiger partial charge in [-0.3, -0.25) is 0 Å². The van der Waals surface area contributed by atoms with Crippen molar-refractivity contribution < 1.29 is 31.1 Å². The first kappa shape index (κ1) is 22.8. The molecule has 0 aromatic heterocycles. The van der Waals surface area contributed by atoms with Crippen LogP contribution in [0.3, 0.4) is 0 Å². The number of hydrogen-bond acceptors (Lipinski definition) is 1. The Balaban J connectivity index is 1.80. The highest BCUT2D eigenvalue weighted by Crippen LogP contribution is 2.38. The van der Waals surface area contributed by atoms with Gasteiger partial charge < -0.3 is 4.74 Å². The summed E-state index contributed by atoms with van der Waals surface area (Å²) in [5.74, 6) is -1.07. The number of halogens is 6. The first-order valence-electron chi connectivity index (χ1n) is 9.59. The van der Waals surface area contributed by atoms with Crippen molar-refractivity contribution >= 4 is 0 Å². The topological polar surface area (TPSA) is 9.23 Å². The zero-order chi connectivity index (χ0) is 20.8. The molecule has 1 fully saturated rings. The zero-order valence-corrected chi connectivity index (χ0v) is 15.9. The molecule has 0 saturated heterocycles. The third-order valence-electron chi connectivity index (χ3n) is 5.26. The normalized spacial score (nSPS) is 21.4. The van der Waals surface area contributed by atoms with Gasteiger partial charge >= 0.3 is 12.3 Å². The summed E-state index contributed by atoms with van der Waals surface area (Å²) in [6.07, 6.45) is 0.842. The lowest BCUT2D eigenvalue weighted by Gasteiger charge is -2.30. The molecule has 1 aromatic carbocycles. The van der Waals surface area contributed by atoms with Crippen molar-refractivity contribution in [1.29, 1.82) is 0 Å². The summed E-state index contributed by atoms with van der Waals surface area (Å²) in [6.45, 7) is 1.33. The molecule has 0 radical (unpaired) electrons. The van der Waals surface area contributed by atoms with Gasteiger partial charge in [-0.15, -0.1) is 0 Å². The first-order valence-corrected chi connectivity index (χ1v) is 9.59. The van der Waals surface area contributed by atoms with Crippen molar-refractivity contribution in [1.82, 2.24) is 0 Å². The quantitative estimate of drug-likeness (QED) is 0.319. The number of benzene rings is 1. The SMILES string of the molecule is C/C=C/CCC1CCC(CC(F)(F)OCc2ccc(C(F)(F)F)c(F)c2)CC1. The van der Waals surface area contributed by atoms with E-state index in [9.17, 15) is 26.3 Å². The molecule has 1 saturated carbocycles.